The van der Waals surface area contributed by atoms with Crippen LogP contribution in [0.25, 0.3) is 38.7 Å². The number of ether oxygens (including phenoxy) is 1. The van der Waals surface area contributed by atoms with Gasteiger partial charge in [-0.15, -0.1) is 0 Å². The Labute approximate surface area is 280 Å². The molecule has 2 unspecified atom stereocenters. The zero-order valence-electron chi connectivity index (χ0n) is 26.9. The minimum absolute atomic E-state index is 0.0243. The SMILES string of the molecule is O=C(OCc1ccccc1)N1C(C2=NC=C(c3ccc(-c4ccc5cc(-c6cnc(C7C[C@@H]8C[C@@H]8C7)[nH]6)ccc5c4)cc3)C2)C[C@H]2C[C@H]21. The van der Waals surface area contributed by atoms with Crippen LogP contribution in [0.5, 0.6) is 0 Å². The van der Waals surface area contributed by atoms with Crippen molar-refractivity contribution in [1.29, 1.82) is 0 Å². The fraction of sp³-hybridized carbons (Fsp3) is 0.310. The largest absolute Gasteiger partial charge is 0.445 e. The number of hydrogen-bond acceptors (Lipinski definition) is 4. The molecule has 2 aliphatic heterocycles. The second-order valence-electron chi connectivity index (χ2n) is 14.7. The molecule has 3 aliphatic carbocycles. The number of aliphatic imine (C=N–C) groups is 1. The van der Waals surface area contributed by atoms with E-state index in [0.29, 0.717) is 24.5 Å². The molecule has 10 rings (SSSR count). The lowest BCUT2D eigenvalue weighted by atomic mass is 9.95. The van der Waals surface area contributed by atoms with Crippen molar-refractivity contribution in [3.05, 3.63) is 120 Å². The first-order chi connectivity index (χ1) is 23.6. The highest BCUT2D eigenvalue weighted by Crippen LogP contribution is 2.57. The van der Waals surface area contributed by atoms with Gasteiger partial charge >= 0.3 is 6.09 Å². The Morgan fingerprint density at radius 3 is 2.31 bits per heavy atom. The van der Waals surface area contributed by atoms with Crippen LogP contribution in [0.4, 0.5) is 4.79 Å². The van der Waals surface area contributed by atoms with Crippen LogP contribution in [0.15, 0.2) is 108 Å². The molecule has 3 heterocycles. The minimum atomic E-state index is -0.216. The number of allylic oxidation sites excluding steroid dienone is 1. The summed E-state index contributed by atoms with van der Waals surface area (Å²) in [5.41, 5.74) is 9.17. The van der Waals surface area contributed by atoms with Gasteiger partial charge in [0.2, 0.25) is 0 Å². The first-order valence-corrected chi connectivity index (χ1v) is 17.6. The molecule has 0 radical (unpaired) electrons. The van der Waals surface area contributed by atoms with E-state index in [9.17, 15) is 4.79 Å². The van der Waals surface area contributed by atoms with Gasteiger partial charge in [-0.3, -0.25) is 9.89 Å². The van der Waals surface area contributed by atoms with E-state index in [1.165, 1.54) is 63.7 Å². The summed E-state index contributed by atoms with van der Waals surface area (Å²) in [5, 5.41) is 2.46. The molecular formula is C42H38N4O2. The van der Waals surface area contributed by atoms with Crippen LogP contribution >= 0.6 is 0 Å². The maximum atomic E-state index is 13.2. The van der Waals surface area contributed by atoms with Gasteiger partial charge < -0.3 is 9.72 Å². The Hall–Kier alpha value is -4.97. The molecule has 0 spiro atoms. The lowest BCUT2D eigenvalue weighted by Gasteiger charge is -2.27. The number of aromatic amines is 1. The number of carbonyl (C=O) groups excluding carboxylic acids is 1. The van der Waals surface area contributed by atoms with E-state index < -0.39 is 0 Å². The van der Waals surface area contributed by atoms with Crippen molar-refractivity contribution in [3.8, 4) is 22.4 Å². The number of fused-ring (bicyclic) bond motifs is 3. The molecule has 6 heteroatoms. The summed E-state index contributed by atoms with van der Waals surface area (Å²) in [6.45, 7) is 0.299. The number of likely N-dealkylation sites (tertiary alicyclic amines) is 1. The van der Waals surface area contributed by atoms with Crippen LogP contribution in [-0.4, -0.2) is 38.8 Å². The van der Waals surface area contributed by atoms with Crippen molar-refractivity contribution in [2.75, 3.05) is 0 Å². The number of carbonyl (C=O) groups is 1. The first-order valence-electron chi connectivity index (χ1n) is 17.6. The lowest BCUT2D eigenvalue weighted by molar-refractivity contribution is 0.0930. The molecule has 238 valence electrons. The lowest BCUT2D eigenvalue weighted by Crippen LogP contribution is -2.43. The van der Waals surface area contributed by atoms with E-state index in [-0.39, 0.29) is 12.1 Å². The van der Waals surface area contributed by atoms with Crippen LogP contribution in [0, 0.1) is 17.8 Å². The Morgan fingerprint density at radius 2 is 1.50 bits per heavy atom. The van der Waals surface area contributed by atoms with Crippen LogP contribution in [0.3, 0.4) is 0 Å². The minimum Gasteiger partial charge on any atom is -0.445 e. The molecule has 48 heavy (non-hydrogen) atoms. The highest BCUT2D eigenvalue weighted by Gasteiger charge is 2.56. The predicted octanol–water partition coefficient (Wildman–Crippen LogP) is 9.40. The molecule has 3 saturated carbocycles. The number of rotatable bonds is 7. The van der Waals surface area contributed by atoms with Gasteiger partial charge in [0.25, 0.3) is 0 Å². The summed E-state index contributed by atoms with van der Waals surface area (Å²) in [6.07, 6.45) is 10.7. The van der Waals surface area contributed by atoms with E-state index >= 15 is 0 Å². The number of benzene rings is 4. The third-order valence-corrected chi connectivity index (χ3v) is 11.6. The molecule has 5 aromatic rings. The molecular weight excluding hydrogens is 592 g/mol. The van der Waals surface area contributed by atoms with Gasteiger partial charge in [-0.1, -0.05) is 78.9 Å². The summed E-state index contributed by atoms with van der Waals surface area (Å²) < 4.78 is 5.75. The third-order valence-electron chi connectivity index (χ3n) is 11.6. The van der Waals surface area contributed by atoms with E-state index in [0.717, 1.165) is 48.1 Å². The topological polar surface area (TPSA) is 70.6 Å². The fourth-order valence-electron chi connectivity index (χ4n) is 8.74. The van der Waals surface area contributed by atoms with Gasteiger partial charge in [-0.2, -0.15) is 0 Å². The second-order valence-corrected chi connectivity index (χ2v) is 14.7. The van der Waals surface area contributed by atoms with Crippen LogP contribution in [0.1, 0.15) is 61.4 Å². The smallest absolute Gasteiger partial charge is 0.410 e. The molecule has 4 aromatic carbocycles. The number of amides is 1. The van der Waals surface area contributed by atoms with Gasteiger partial charge in [-0.25, -0.2) is 9.78 Å². The number of aromatic nitrogens is 2. The van der Waals surface area contributed by atoms with Gasteiger partial charge in [0.15, 0.2) is 0 Å². The molecule has 5 aliphatic rings. The number of nitrogens with zero attached hydrogens (tertiary/aromatic N) is 3. The van der Waals surface area contributed by atoms with E-state index in [1.807, 2.05) is 47.6 Å². The number of hydrogen-bond donors (Lipinski definition) is 1. The Morgan fingerprint density at radius 1 is 0.771 bits per heavy atom. The van der Waals surface area contributed by atoms with E-state index in [1.54, 1.807) is 0 Å². The first kappa shape index (κ1) is 28.1. The maximum absolute atomic E-state index is 13.2. The summed E-state index contributed by atoms with van der Waals surface area (Å²) in [7, 11) is 0. The zero-order chi connectivity index (χ0) is 31.8. The van der Waals surface area contributed by atoms with Gasteiger partial charge in [0.1, 0.15) is 12.4 Å². The highest BCUT2D eigenvalue weighted by molar-refractivity contribution is 6.03. The highest BCUT2D eigenvalue weighted by atomic mass is 16.6. The summed E-state index contributed by atoms with van der Waals surface area (Å²) >= 11 is 0. The molecule has 1 amide bonds. The molecule has 4 fully saturated rings. The number of imidazole rings is 1. The Balaban J connectivity index is 0.798. The average Bonchev–Trinajstić information content (AvgIpc) is 3.69. The van der Waals surface area contributed by atoms with Gasteiger partial charge in [-0.05, 0) is 101 Å². The van der Waals surface area contributed by atoms with Crippen molar-refractivity contribution in [2.24, 2.45) is 22.7 Å². The van der Waals surface area contributed by atoms with Gasteiger partial charge in [0, 0.05) is 35.9 Å². The van der Waals surface area contributed by atoms with Crippen molar-refractivity contribution < 1.29 is 9.53 Å². The quantitative estimate of drug-likeness (QED) is 0.195. The summed E-state index contributed by atoms with van der Waals surface area (Å²) in [6, 6.07) is 32.5. The van der Waals surface area contributed by atoms with Crippen molar-refractivity contribution >= 4 is 28.2 Å². The maximum Gasteiger partial charge on any atom is 0.410 e. The monoisotopic (exact) mass is 630 g/mol. The predicted molar refractivity (Wildman–Crippen MR) is 189 cm³/mol. The fourth-order valence-corrected chi connectivity index (χ4v) is 8.74. The molecule has 0 bridgehead atoms. The van der Waals surface area contributed by atoms with Crippen molar-refractivity contribution in [1.82, 2.24) is 14.9 Å². The number of piperidine rings is 1. The molecule has 6 nitrogen and oxygen atoms in total. The molecule has 1 N–H and O–H groups in total. The summed E-state index contributed by atoms with van der Waals surface area (Å²) in [5.74, 6) is 4.27. The van der Waals surface area contributed by atoms with E-state index in [2.05, 4.69) is 65.6 Å². The van der Waals surface area contributed by atoms with Crippen LogP contribution in [-0.2, 0) is 11.3 Å². The average molecular weight is 631 g/mol. The normalized spacial score (nSPS) is 26.6. The molecule has 1 saturated heterocycles. The molecule has 1 aromatic heterocycles. The molecule has 6 atom stereocenters. The standard InChI is InChI=1S/C42H38N4O2/c47-42(48-24-25-4-2-1-3-5-25)46-39-20-34(39)21-40(46)37-19-36(22-43-37)27-8-6-26(7-9-27)28-10-11-30-15-31(13-12-29(30)14-28)38-23-44-41(45-38)35-17-32-16-33(32)18-35/h1-15,22-23,32-35,39-40H,16-21,24H2,(H,44,45)/t32-,33+,34-,35?,39-,40?/m1/s1. The summed E-state index contributed by atoms with van der Waals surface area (Å²) in [4.78, 5) is 28.4. The number of H-pyrrole nitrogens is 1. The van der Waals surface area contributed by atoms with Gasteiger partial charge in [0.05, 0.1) is 17.9 Å². The van der Waals surface area contributed by atoms with Crippen molar-refractivity contribution in [2.45, 2.75) is 63.1 Å². The van der Waals surface area contributed by atoms with Crippen LogP contribution in [0.2, 0.25) is 0 Å². The second kappa shape index (κ2) is 11.0. The van der Waals surface area contributed by atoms with Crippen molar-refractivity contribution in [3.63, 3.8) is 0 Å². The number of nitrogens with one attached hydrogen (secondary N) is 1. The van der Waals surface area contributed by atoms with E-state index in [4.69, 9.17) is 14.7 Å². The Kier molecular flexibility index (Phi) is 6.46. The van der Waals surface area contributed by atoms with Crippen LogP contribution < -0.4 is 0 Å². The Bertz CT molecular complexity index is 2100. The third kappa shape index (κ3) is 5.06. The zero-order valence-corrected chi connectivity index (χ0v) is 26.9.